The van der Waals surface area contributed by atoms with Crippen LogP contribution in [-0.2, 0) is 20.9 Å². The quantitative estimate of drug-likeness (QED) is 0.790. The number of likely N-dealkylation sites (tertiary alicyclic amines) is 1. The maximum atomic E-state index is 12.4. The molecule has 1 aromatic carbocycles. The zero-order chi connectivity index (χ0) is 18.6. The molecule has 1 unspecified atom stereocenters. The molecule has 2 atom stereocenters. The summed E-state index contributed by atoms with van der Waals surface area (Å²) in [5, 5.41) is 11.8. The lowest BCUT2D eigenvalue weighted by Crippen LogP contribution is -2.44. The molecule has 0 radical (unpaired) electrons. The Kier molecular flexibility index (Phi) is 6.17. The van der Waals surface area contributed by atoms with Gasteiger partial charge >= 0.3 is 5.97 Å². The van der Waals surface area contributed by atoms with Gasteiger partial charge in [-0.1, -0.05) is 43.7 Å². The van der Waals surface area contributed by atoms with Crippen molar-refractivity contribution >= 4 is 17.8 Å². The Balaban J connectivity index is 1.95. The third-order valence-electron chi connectivity index (χ3n) is 4.40. The highest BCUT2D eigenvalue weighted by molar-refractivity contribution is 5.91. The minimum atomic E-state index is -1.04. The summed E-state index contributed by atoms with van der Waals surface area (Å²) in [6.07, 6.45) is 0.501. The molecule has 1 aromatic rings. The third kappa shape index (κ3) is 5.31. The van der Waals surface area contributed by atoms with Crippen molar-refractivity contribution in [2.24, 2.45) is 11.8 Å². The lowest BCUT2D eigenvalue weighted by atomic mass is 10.0. The van der Waals surface area contributed by atoms with E-state index in [0.29, 0.717) is 19.5 Å². The van der Waals surface area contributed by atoms with Gasteiger partial charge in [-0.3, -0.25) is 9.59 Å². The molecule has 0 saturated carbocycles. The van der Waals surface area contributed by atoms with Crippen molar-refractivity contribution in [1.82, 2.24) is 10.2 Å². The van der Waals surface area contributed by atoms with Crippen LogP contribution in [0.25, 0.3) is 0 Å². The summed E-state index contributed by atoms with van der Waals surface area (Å²) in [7, 11) is 0. The van der Waals surface area contributed by atoms with Gasteiger partial charge in [0.25, 0.3) is 0 Å². The number of hydrogen-bond donors (Lipinski definition) is 2. The van der Waals surface area contributed by atoms with E-state index in [0.717, 1.165) is 11.1 Å². The summed E-state index contributed by atoms with van der Waals surface area (Å²) in [6, 6.07) is 7.01. The Morgan fingerprint density at radius 2 is 1.92 bits per heavy atom. The van der Waals surface area contributed by atoms with Crippen LogP contribution >= 0.6 is 0 Å². The highest BCUT2D eigenvalue weighted by Crippen LogP contribution is 2.21. The number of aliphatic carboxylic acids is 1. The van der Waals surface area contributed by atoms with Crippen LogP contribution in [0.3, 0.4) is 0 Å². The Morgan fingerprint density at radius 3 is 2.48 bits per heavy atom. The highest BCUT2D eigenvalue weighted by Gasteiger charge is 2.35. The second kappa shape index (κ2) is 8.14. The van der Waals surface area contributed by atoms with E-state index in [1.165, 1.54) is 0 Å². The first-order valence-corrected chi connectivity index (χ1v) is 8.62. The van der Waals surface area contributed by atoms with Gasteiger partial charge in [-0.25, -0.2) is 4.79 Å². The number of carboxylic acids is 1. The van der Waals surface area contributed by atoms with E-state index in [2.05, 4.69) is 5.32 Å². The highest BCUT2D eigenvalue weighted by atomic mass is 16.4. The Hall–Kier alpha value is -2.37. The van der Waals surface area contributed by atoms with Gasteiger partial charge in [-0.2, -0.15) is 0 Å². The molecule has 2 rings (SSSR count). The van der Waals surface area contributed by atoms with Gasteiger partial charge in [-0.05, 0) is 24.8 Å². The zero-order valence-corrected chi connectivity index (χ0v) is 15.0. The van der Waals surface area contributed by atoms with Crippen molar-refractivity contribution in [3.05, 3.63) is 35.4 Å². The summed E-state index contributed by atoms with van der Waals surface area (Å²) < 4.78 is 0. The topological polar surface area (TPSA) is 86.7 Å². The molecule has 0 spiro atoms. The predicted octanol–water partition coefficient (Wildman–Crippen LogP) is 1.96. The second-order valence-corrected chi connectivity index (χ2v) is 7.19. The third-order valence-corrected chi connectivity index (χ3v) is 4.40. The Labute approximate surface area is 148 Å². The normalized spacial score (nSPS) is 18.5. The zero-order valence-electron chi connectivity index (χ0n) is 15.0. The molecule has 1 saturated heterocycles. The molecule has 0 aliphatic carbocycles. The van der Waals surface area contributed by atoms with Crippen LogP contribution < -0.4 is 5.32 Å². The molecule has 6 heteroatoms. The van der Waals surface area contributed by atoms with Gasteiger partial charge in [0.1, 0.15) is 6.04 Å². The summed E-state index contributed by atoms with van der Waals surface area (Å²) in [4.78, 5) is 37.5. The van der Waals surface area contributed by atoms with Crippen LogP contribution in [0.2, 0.25) is 0 Å². The van der Waals surface area contributed by atoms with Crippen LogP contribution in [0.1, 0.15) is 37.8 Å². The van der Waals surface area contributed by atoms with Crippen LogP contribution in [0.5, 0.6) is 0 Å². The summed E-state index contributed by atoms with van der Waals surface area (Å²) in [6.45, 7) is 6.61. The molecule has 1 aliphatic heterocycles. The number of carbonyl (C=O) groups is 3. The first-order valence-electron chi connectivity index (χ1n) is 8.62. The lowest BCUT2D eigenvalue weighted by Gasteiger charge is -2.19. The maximum Gasteiger partial charge on any atom is 0.326 e. The van der Waals surface area contributed by atoms with Crippen LogP contribution in [0, 0.1) is 18.8 Å². The predicted molar refractivity (Wildman–Crippen MR) is 93.7 cm³/mol. The van der Waals surface area contributed by atoms with E-state index in [-0.39, 0.29) is 24.2 Å². The van der Waals surface area contributed by atoms with Crippen molar-refractivity contribution in [1.29, 1.82) is 0 Å². The number of aryl methyl sites for hydroxylation is 1. The lowest BCUT2D eigenvalue weighted by molar-refractivity contribution is -0.142. The molecule has 1 fully saturated rings. The summed E-state index contributed by atoms with van der Waals surface area (Å²) >= 11 is 0. The summed E-state index contributed by atoms with van der Waals surface area (Å²) in [5.41, 5.74) is 2.17. The van der Waals surface area contributed by atoms with Gasteiger partial charge in [0.2, 0.25) is 11.8 Å². The molecule has 2 amide bonds. The van der Waals surface area contributed by atoms with Gasteiger partial charge in [0, 0.05) is 19.5 Å². The summed E-state index contributed by atoms with van der Waals surface area (Å²) in [5.74, 6) is -1.80. The van der Waals surface area contributed by atoms with E-state index >= 15 is 0 Å². The van der Waals surface area contributed by atoms with Crippen LogP contribution in [-0.4, -0.2) is 40.4 Å². The van der Waals surface area contributed by atoms with Gasteiger partial charge in [-0.15, -0.1) is 0 Å². The second-order valence-electron chi connectivity index (χ2n) is 7.19. The van der Waals surface area contributed by atoms with Crippen molar-refractivity contribution in [3.63, 3.8) is 0 Å². The first-order chi connectivity index (χ1) is 11.8. The molecule has 6 nitrogen and oxygen atoms in total. The van der Waals surface area contributed by atoms with Gasteiger partial charge < -0.3 is 15.3 Å². The SMILES string of the molecule is Cc1ccc(CN2CC(C(=O)N[C@@H](CC(C)C)C(=O)O)CC2=O)cc1. The molecule has 1 aliphatic rings. The van der Waals surface area contributed by atoms with Crippen molar-refractivity contribution < 1.29 is 19.5 Å². The molecule has 0 aromatic heterocycles. The van der Waals surface area contributed by atoms with Crippen LogP contribution in [0.4, 0.5) is 0 Å². The molecule has 2 N–H and O–H groups in total. The number of nitrogens with zero attached hydrogens (tertiary/aromatic N) is 1. The molecule has 0 bridgehead atoms. The van der Waals surface area contributed by atoms with Crippen molar-refractivity contribution in [2.75, 3.05) is 6.54 Å². The number of amides is 2. The van der Waals surface area contributed by atoms with E-state index in [1.807, 2.05) is 45.0 Å². The van der Waals surface area contributed by atoms with Crippen LogP contribution in [0.15, 0.2) is 24.3 Å². The average Bonchev–Trinajstić information content (AvgIpc) is 2.89. The molecule has 136 valence electrons. The molecular formula is C19H26N2O4. The van der Waals surface area contributed by atoms with Crippen molar-refractivity contribution in [3.8, 4) is 0 Å². The monoisotopic (exact) mass is 346 g/mol. The minimum absolute atomic E-state index is 0.0727. The number of benzene rings is 1. The van der Waals surface area contributed by atoms with Crippen molar-refractivity contribution in [2.45, 2.75) is 46.2 Å². The molecule has 1 heterocycles. The smallest absolute Gasteiger partial charge is 0.326 e. The Morgan fingerprint density at radius 1 is 1.28 bits per heavy atom. The Bertz CT molecular complexity index is 639. The fourth-order valence-corrected chi connectivity index (χ4v) is 3.00. The number of carbonyl (C=O) groups excluding carboxylic acids is 2. The minimum Gasteiger partial charge on any atom is -0.480 e. The number of nitrogens with one attached hydrogen (secondary N) is 1. The molecular weight excluding hydrogens is 320 g/mol. The fourth-order valence-electron chi connectivity index (χ4n) is 3.00. The number of hydrogen-bond acceptors (Lipinski definition) is 3. The largest absolute Gasteiger partial charge is 0.480 e. The first kappa shape index (κ1) is 19.0. The van der Waals surface area contributed by atoms with E-state index in [4.69, 9.17) is 0 Å². The van der Waals surface area contributed by atoms with Gasteiger partial charge in [0.05, 0.1) is 5.92 Å². The van der Waals surface area contributed by atoms with E-state index < -0.39 is 17.9 Å². The van der Waals surface area contributed by atoms with E-state index in [9.17, 15) is 19.5 Å². The standard InChI is InChI=1S/C19H26N2O4/c1-12(2)8-16(19(24)25)20-18(23)15-9-17(22)21(11-15)10-14-6-4-13(3)5-7-14/h4-7,12,15-16H,8-11H2,1-3H3,(H,20,23)(H,24,25)/t15?,16-/m0/s1. The average molecular weight is 346 g/mol. The fraction of sp³-hybridized carbons (Fsp3) is 0.526. The number of carboxylic acid groups (broad SMARTS) is 1. The van der Waals surface area contributed by atoms with Gasteiger partial charge in [0.15, 0.2) is 0 Å². The molecule has 25 heavy (non-hydrogen) atoms. The number of rotatable bonds is 7. The van der Waals surface area contributed by atoms with E-state index in [1.54, 1.807) is 4.90 Å². The maximum absolute atomic E-state index is 12.4.